The highest BCUT2D eigenvalue weighted by atomic mass is 35.5. The highest BCUT2D eigenvalue weighted by Gasteiger charge is 2.21. The fourth-order valence-corrected chi connectivity index (χ4v) is 3.40. The molecule has 0 bridgehead atoms. The molecule has 3 heterocycles. The van der Waals surface area contributed by atoms with Crippen molar-refractivity contribution in [2.24, 2.45) is 0 Å². The normalized spacial score (nSPS) is 14.8. The molecule has 6 nitrogen and oxygen atoms in total. The number of nitrogens with zero attached hydrogens (tertiary/aromatic N) is 6. The Labute approximate surface area is 166 Å². The third kappa shape index (κ3) is 4.46. The first-order valence-electron chi connectivity index (χ1n) is 9.18. The fourth-order valence-electron chi connectivity index (χ4n) is 3.40. The quantitative estimate of drug-likeness (QED) is 0.676. The summed E-state index contributed by atoms with van der Waals surface area (Å²) in [5.41, 5.74) is 3.36. The number of anilines is 1. The zero-order valence-electron chi connectivity index (χ0n) is 15.5. The van der Waals surface area contributed by atoms with Gasteiger partial charge in [-0.05, 0) is 6.92 Å². The smallest absolute Gasteiger partial charge is 0.155 e. The lowest BCUT2D eigenvalue weighted by atomic mass is 10.1. The summed E-state index contributed by atoms with van der Waals surface area (Å²) in [6.07, 6.45) is 7.68. The van der Waals surface area contributed by atoms with Crippen LogP contribution in [-0.2, 0) is 13.1 Å². The monoisotopic (exact) mass is 384 g/mol. The maximum Gasteiger partial charge on any atom is 0.155 e. The predicted molar refractivity (Wildman–Crippen MR) is 110 cm³/mol. The molecule has 0 spiro atoms. The molecule has 0 unspecified atom stereocenters. The van der Waals surface area contributed by atoms with Crippen molar-refractivity contribution in [2.45, 2.75) is 20.0 Å². The molecule has 0 saturated carbocycles. The summed E-state index contributed by atoms with van der Waals surface area (Å²) in [5.74, 6) is 0.983. The Morgan fingerprint density at radius 1 is 0.963 bits per heavy atom. The number of benzene rings is 1. The Hall–Kier alpha value is -2.44. The second-order valence-corrected chi connectivity index (χ2v) is 6.56. The van der Waals surface area contributed by atoms with E-state index in [9.17, 15) is 0 Å². The Balaban J connectivity index is 0.00000210. The molecule has 1 aliphatic rings. The summed E-state index contributed by atoms with van der Waals surface area (Å²) in [7, 11) is 0. The highest BCUT2D eigenvalue weighted by Crippen LogP contribution is 2.27. The standard InChI is InChI=1S/C20H24N6.ClH/c1-2-26-16-17(14-23-26)15-24-10-12-25(13-11-24)20-19(21-8-9-22-20)18-6-4-3-5-7-18;/h3-9,14,16H,2,10-13,15H2,1H3;1H. The molecule has 1 saturated heterocycles. The summed E-state index contributed by atoms with van der Waals surface area (Å²) < 4.78 is 1.98. The van der Waals surface area contributed by atoms with Crippen LogP contribution >= 0.6 is 12.4 Å². The number of aromatic nitrogens is 4. The van der Waals surface area contributed by atoms with Crippen LogP contribution in [0, 0.1) is 0 Å². The Kier molecular flexibility index (Phi) is 6.42. The van der Waals surface area contributed by atoms with Crippen LogP contribution in [0.5, 0.6) is 0 Å². The maximum absolute atomic E-state index is 4.63. The van der Waals surface area contributed by atoms with Crippen molar-refractivity contribution in [3.8, 4) is 11.3 Å². The van der Waals surface area contributed by atoms with Gasteiger partial charge in [0.05, 0.1) is 6.20 Å². The molecule has 0 amide bonds. The van der Waals surface area contributed by atoms with Crippen LogP contribution in [0.2, 0.25) is 0 Å². The topological polar surface area (TPSA) is 50.1 Å². The highest BCUT2D eigenvalue weighted by molar-refractivity contribution is 5.85. The van der Waals surface area contributed by atoms with Crippen LogP contribution in [0.3, 0.4) is 0 Å². The van der Waals surface area contributed by atoms with E-state index < -0.39 is 0 Å². The van der Waals surface area contributed by atoms with E-state index in [1.54, 1.807) is 12.4 Å². The van der Waals surface area contributed by atoms with E-state index in [0.29, 0.717) is 0 Å². The second-order valence-electron chi connectivity index (χ2n) is 6.56. The third-order valence-electron chi connectivity index (χ3n) is 4.81. The molecule has 0 N–H and O–H groups in total. The van der Waals surface area contributed by atoms with Crippen molar-refractivity contribution >= 4 is 18.2 Å². The molecule has 1 fully saturated rings. The Morgan fingerprint density at radius 3 is 2.41 bits per heavy atom. The molecule has 0 aliphatic carbocycles. The molecule has 27 heavy (non-hydrogen) atoms. The van der Waals surface area contributed by atoms with E-state index >= 15 is 0 Å². The number of halogens is 1. The van der Waals surface area contributed by atoms with Crippen LogP contribution in [0.15, 0.2) is 55.1 Å². The van der Waals surface area contributed by atoms with E-state index in [-0.39, 0.29) is 12.4 Å². The maximum atomic E-state index is 4.63. The number of aryl methyl sites for hydroxylation is 1. The minimum absolute atomic E-state index is 0. The van der Waals surface area contributed by atoms with Crippen molar-refractivity contribution in [2.75, 3.05) is 31.1 Å². The number of piperazine rings is 1. The van der Waals surface area contributed by atoms with E-state index in [1.807, 2.05) is 29.1 Å². The molecule has 2 aromatic heterocycles. The number of rotatable bonds is 5. The summed E-state index contributed by atoms with van der Waals surface area (Å²) >= 11 is 0. The van der Waals surface area contributed by atoms with Gasteiger partial charge in [0.25, 0.3) is 0 Å². The van der Waals surface area contributed by atoms with E-state index in [0.717, 1.165) is 56.3 Å². The van der Waals surface area contributed by atoms with Crippen LogP contribution in [0.4, 0.5) is 5.82 Å². The summed E-state index contributed by atoms with van der Waals surface area (Å²) in [5, 5.41) is 4.37. The van der Waals surface area contributed by atoms with Gasteiger partial charge in [-0.1, -0.05) is 30.3 Å². The zero-order chi connectivity index (χ0) is 17.8. The van der Waals surface area contributed by atoms with Crippen molar-refractivity contribution < 1.29 is 0 Å². The van der Waals surface area contributed by atoms with Crippen molar-refractivity contribution in [1.82, 2.24) is 24.6 Å². The predicted octanol–water partition coefficient (Wildman–Crippen LogP) is 3.10. The van der Waals surface area contributed by atoms with Gasteiger partial charge in [0, 0.05) is 69.0 Å². The molecule has 142 valence electrons. The molecule has 4 rings (SSSR count). The van der Waals surface area contributed by atoms with Crippen molar-refractivity contribution in [3.05, 3.63) is 60.7 Å². The van der Waals surface area contributed by atoms with Crippen LogP contribution in [0.1, 0.15) is 12.5 Å². The molecular weight excluding hydrogens is 360 g/mol. The largest absolute Gasteiger partial charge is 0.352 e. The van der Waals surface area contributed by atoms with Gasteiger partial charge in [0.2, 0.25) is 0 Å². The van der Waals surface area contributed by atoms with Gasteiger partial charge in [-0.3, -0.25) is 14.6 Å². The van der Waals surface area contributed by atoms with Gasteiger partial charge in [-0.15, -0.1) is 12.4 Å². The first-order chi connectivity index (χ1) is 12.8. The average Bonchev–Trinajstić information content (AvgIpc) is 3.17. The minimum atomic E-state index is 0. The third-order valence-corrected chi connectivity index (χ3v) is 4.81. The zero-order valence-corrected chi connectivity index (χ0v) is 16.3. The molecule has 7 heteroatoms. The molecule has 0 atom stereocenters. The summed E-state index contributed by atoms with van der Waals surface area (Å²) in [6, 6.07) is 10.3. The Morgan fingerprint density at radius 2 is 1.70 bits per heavy atom. The molecule has 1 aromatic carbocycles. The minimum Gasteiger partial charge on any atom is -0.352 e. The van der Waals surface area contributed by atoms with Crippen LogP contribution < -0.4 is 4.90 Å². The van der Waals surface area contributed by atoms with Gasteiger partial charge in [0.15, 0.2) is 5.82 Å². The lowest BCUT2D eigenvalue weighted by Crippen LogP contribution is -2.46. The molecular formula is C20H25ClN6. The van der Waals surface area contributed by atoms with Gasteiger partial charge in [0.1, 0.15) is 5.69 Å². The number of hydrogen-bond donors (Lipinski definition) is 0. The van der Waals surface area contributed by atoms with Crippen molar-refractivity contribution in [1.29, 1.82) is 0 Å². The summed E-state index contributed by atoms with van der Waals surface area (Å²) in [6.45, 7) is 7.94. The van der Waals surface area contributed by atoms with E-state index in [1.165, 1.54) is 5.56 Å². The lowest BCUT2D eigenvalue weighted by Gasteiger charge is -2.35. The number of hydrogen-bond acceptors (Lipinski definition) is 5. The molecule has 0 radical (unpaired) electrons. The van der Waals surface area contributed by atoms with E-state index in [2.05, 4.69) is 50.1 Å². The van der Waals surface area contributed by atoms with Gasteiger partial charge >= 0.3 is 0 Å². The molecule has 1 aliphatic heterocycles. The van der Waals surface area contributed by atoms with E-state index in [4.69, 9.17) is 0 Å². The average molecular weight is 385 g/mol. The lowest BCUT2D eigenvalue weighted by molar-refractivity contribution is 0.249. The second kappa shape index (κ2) is 8.97. The van der Waals surface area contributed by atoms with Crippen LogP contribution in [0.25, 0.3) is 11.3 Å². The SMILES string of the molecule is CCn1cc(CN2CCN(c3nccnc3-c3ccccc3)CC2)cn1.Cl. The van der Waals surface area contributed by atoms with Crippen LogP contribution in [-0.4, -0.2) is 50.8 Å². The fraction of sp³-hybridized carbons (Fsp3) is 0.350. The van der Waals surface area contributed by atoms with Gasteiger partial charge < -0.3 is 4.90 Å². The van der Waals surface area contributed by atoms with Gasteiger partial charge in [-0.2, -0.15) is 5.10 Å². The van der Waals surface area contributed by atoms with Crippen molar-refractivity contribution in [3.63, 3.8) is 0 Å². The first-order valence-corrected chi connectivity index (χ1v) is 9.18. The summed E-state index contributed by atoms with van der Waals surface area (Å²) in [4.78, 5) is 14.1. The van der Waals surface area contributed by atoms with Gasteiger partial charge in [-0.25, -0.2) is 4.98 Å². The Bertz CT molecular complexity index is 842. The first kappa shape index (κ1) is 19.3. The molecule has 3 aromatic rings.